The van der Waals surface area contributed by atoms with E-state index in [0.29, 0.717) is 6.61 Å². The van der Waals surface area contributed by atoms with Gasteiger partial charge in [0.25, 0.3) is 0 Å². The molecule has 1 aliphatic rings. The fourth-order valence-corrected chi connectivity index (χ4v) is 2.58. The number of aliphatic imine (C=N–C) groups is 1. The van der Waals surface area contributed by atoms with Gasteiger partial charge in [-0.1, -0.05) is 42.0 Å². The molecule has 120 valence electrons. The van der Waals surface area contributed by atoms with Gasteiger partial charge in [-0.3, -0.25) is 4.99 Å². The summed E-state index contributed by atoms with van der Waals surface area (Å²) in [5.41, 5.74) is 3.67. The monoisotopic (exact) mass is 309 g/mol. The molecule has 3 rings (SSSR count). The van der Waals surface area contributed by atoms with Crippen LogP contribution in [-0.2, 0) is 13.2 Å². The Balaban J connectivity index is 1.51. The largest absolute Gasteiger partial charge is 0.489 e. The molecule has 0 atom stereocenters. The lowest BCUT2D eigenvalue weighted by Crippen LogP contribution is -2.35. The highest BCUT2D eigenvalue weighted by molar-refractivity contribution is 5.81. The minimum Gasteiger partial charge on any atom is -0.489 e. The van der Waals surface area contributed by atoms with Gasteiger partial charge >= 0.3 is 0 Å². The van der Waals surface area contributed by atoms with E-state index in [1.54, 1.807) is 0 Å². The van der Waals surface area contributed by atoms with Crippen LogP contribution >= 0.6 is 0 Å². The topological polar surface area (TPSA) is 36.9 Å². The lowest BCUT2D eigenvalue weighted by molar-refractivity contribution is 0.306. The van der Waals surface area contributed by atoms with Gasteiger partial charge in [0, 0.05) is 20.1 Å². The van der Waals surface area contributed by atoms with Gasteiger partial charge < -0.3 is 15.0 Å². The predicted molar refractivity (Wildman–Crippen MR) is 93.7 cm³/mol. The van der Waals surface area contributed by atoms with Gasteiger partial charge in [0.05, 0.1) is 6.54 Å². The summed E-state index contributed by atoms with van der Waals surface area (Å²) in [4.78, 5) is 6.56. The first kappa shape index (κ1) is 15.4. The first-order valence-corrected chi connectivity index (χ1v) is 7.97. The Kier molecular flexibility index (Phi) is 4.81. The summed E-state index contributed by atoms with van der Waals surface area (Å²) in [5.74, 6) is 1.87. The minimum absolute atomic E-state index is 0.598. The van der Waals surface area contributed by atoms with Gasteiger partial charge in [-0.15, -0.1) is 0 Å². The number of nitrogens with zero attached hydrogens (tertiary/aromatic N) is 2. The van der Waals surface area contributed by atoms with Crippen molar-refractivity contribution in [3.63, 3.8) is 0 Å². The molecule has 0 spiro atoms. The van der Waals surface area contributed by atoms with Crippen LogP contribution in [0.2, 0.25) is 0 Å². The number of aryl methyl sites for hydroxylation is 1. The molecular weight excluding hydrogens is 286 g/mol. The smallest absolute Gasteiger partial charge is 0.194 e. The van der Waals surface area contributed by atoms with Crippen molar-refractivity contribution in [1.82, 2.24) is 10.2 Å². The van der Waals surface area contributed by atoms with E-state index in [9.17, 15) is 0 Å². The second-order valence-electron chi connectivity index (χ2n) is 5.90. The third-order valence-corrected chi connectivity index (χ3v) is 3.92. The SMILES string of the molecule is Cc1cccc(COc2ccc(CNC3=NCCN3C)cc2)c1. The molecule has 1 aliphatic heterocycles. The van der Waals surface area contributed by atoms with Gasteiger partial charge in [-0.25, -0.2) is 0 Å². The van der Waals surface area contributed by atoms with E-state index in [0.717, 1.165) is 31.3 Å². The molecule has 0 aromatic heterocycles. The third-order valence-electron chi connectivity index (χ3n) is 3.92. The standard InChI is InChI=1S/C19H23N3O/c1-15-4-3-5-17(12-15)14-23-18-8-6-16(7-9-18)13-21-19-20-10-11-22(19)2/h3-9,12H,10-11,13-14H2,1-2H3,(H,20,21). The summed E-state index contributed by atoms with van der Waals surface area (Å²) >= 11 is 0. The molecule has 0 saturated carbocycles. The minimum atomic E-state index is 0.598. The Bertz CT molecular complexity index is 679. The number of hydrogen-bond donors (Lipinski definition) is 1. The molecule has 23 heavy (non-hydrogen) atoms. The quantitative estimate of drug-likeness (QED) is 0.922. The van der Waals surface area contributed by atoms with Crippen LogP contribution in [0.15, 0.2) is 53.5 Å². The number of hydrogen-bond acceptors (Lipinski definition) is 4. The average molecular weight is 309 g/mol. The summed E-state index contributed by atoms with van der Waals surface area (Å²) in [6, 6.07) is 16.6. The van der Waals surface area contributed by atoms with Gasteiger partial charge in [0.15, 0.2) is 5.96 Å². The zero-order chi connectivity index (χ0) is 16.1. The molecule has 0 aliphatic carbocycles. The lowest BCUT2D eigenvalue weighted by atomic mass is 10.1. The molecule has 0 fully saturated rings. The molecule has 0 bridgehead atoms. The summed E-state index contributed by atoms with van der Waals surface area (Å²) < 4.78 is 5.84. The second-order valence-corrected chi connectivity index (χ2v) is 5.90. The molecule has 0 radical (unpaired) electrons. The highest BCUT2D eigenvalue weighted by atomic mass is 16.5. The zero-order valence-electron chi connectivity index (χ0n) is 13.7. The Morgan fingerprint density at radius 3 is 2.65 bits per heavy atom. The molecular formula is C19H23N3O. The molecule has 4 heteroatoms. The van der Waals surface area contributed by atoms with Gasteiger partial charge in [-0.05, 0) is 30.2 Å². The van der Waals surface area contributed by atoms with E-state index >= 15 is 0 Å². The Hall–Kier alpha value is -2.49. The number of nitrogens with one attached hydrogen (secondary N) is 1. The van der Waals surface area contributed by atoms with Crippen LogP contribution in [0.1, 0.15) is 16.7 Å². The van der Waals surface area contributed by atoms with Crippen LogP contribution in [-0.4, -0.2) is 31.0 Å². The first-order chi connectivity index (χ1) is 11.2. The van der Waals surface area contributed by atoms with Crippen LogP contribution in [0.5, 0.6) is 5.75 Å². The molecule has 2 aromatic carbocycles. The Morgan fingerprint density at radius 1 is 1.13 bits per heavy atom. The molecule has 0 unspecified atom stereocenters. The van der Waals surface area contributed by atoms with E-state index in [1.807, 2.05) is 12.1 Å². The van der Waals surface area contributed by atoms with E-state index in [1.165, 1.54) is 16.7 Å². The Labute approximate surface area is 137 Å². The van der Waals surface area contributed by atoms with Crippen LogP contribution in [0.3, 0.4) is 0 Å². The van der Waals surface area contributed by atoms with Gasteiger partial charge in [0.1, 0.15) is 12.4 Å². The summed E-state index contributed by atoms with van der Waals surface area (Å²) in [5, 5.41) is 3.37. The van der Waals surface area contributed by atoms with Crippen LogP contribution in [0, 0.1) is 6.92 Å². The number of guanidine groups is 1. The Morgan fingerprint density at radius 2 is 1.96 bits per heavy atom. The molecule has 1 N–H and O–H groups in total. The van der Waals surface area contributed by atoms with E-state index in [2.05, 4.69) is 65.6 Å². The fourth-order valence-electron chi connectivity index (χ4n) is 2.58. The molecule has 4 nitrogen and oxygen atoms in total. The van der Waals surface area contributed by atoms with Gasteiger partial charge in [0.2, 0.25) is 0 Å². The number of rotatable bonds is 5. The summed E-state index contributed by atoms with van der Waals surface area (Å²) in [6.07, 6.45) is 0. The predicted octanol–water partition coefficient (Wildman–Crippen LogP) is 2.97. The van der Waals surface area contributed by atoms with E-state index in [4.69, 9.17) is 4.74 Å². The molecule has 1 heterocycles. The summed E-state index contributed by atoms with van der Waals surface area (Å²) in [7, 11) is 2.06. The maximum absolute atomic E-state index is 5.84. The van der Waals surface area contributed by atoms with Gasteiger partial charge in [-0.2, -0.15) is 0 Å². The van der Waals surface area contributed by atoms with Crippen molar-refractivity contribution in [3.8, 4) is 5.75 Å². The van der Waals surface area contributed by atoms with Crippen molar-refractivity contribution in [2.75, 3.05) is 20.1 Å². The van der Waals surface area contributed by atoms with Crippen molar-refractivity contribution < 1.29 is 4.74 Å². The number of ether oxygens (including phenoxy) is 1. The molecule has 0 saturated heterocycles. The highest BCUT2D eigenvalue weighted by Gasteiger charge is 2.11. The molecule has 2 aromatic rings. The first-order valence-electron chi connectivity index (χ1n) is 7.97. The van der Waals surface area contributed by atoms with Crippen molar-refractivity contribution in [2.45, 2.75) is 20.1 Å². The van der Waals surface area contributed by atoms with Crippen LogP contribution < -0.4 is 10.1 Å². The number of benzene rings is 2. The lowest BCUT2D eigenvalue weighted by Gasteiger charge is -2.15. The maximum Gasteiger partial charge on any atom is 0.194 e. The molecule has 0 amide bonds. The third kappa shape index (κ3) is 4.25. The highest BCUT2D eigenvalue weighted by Crippen LogP contribution is 2.15. The van der Waals surface area contributed by atoms with Crippen LogP contribution in [0.4, 0.5) is 0 Å². The number of likely N-dealkylation sites (N-methyl/N-ethyl adjacent to an activating group) is 1. The van der Waals surface area contributed by atoms with Crippen molar-refractivity contribution >= 4 is 5.96 Å². The average Bonchev–Trinajstić information content (AvgIpc) is 2.97. The maximum atomic E-state index is 5.84. The van der Waals surface area contributed by atoms with E-state index < -0.39 is 0 Å². The van der Waals surface area contributed by atoms with E-state index in [-0.39, 0.29) is 0 Å². The fraction of sp³-hybridized carbons (Fsp3) is 0.316. The van der Waals surface area contributed by atoms with Crippen molar-refractivity contribution in [1.29, 1.82) is 0 Å². The normalized spacial score (nSPS) is 13.8. The second kappa shape index (κ2) is 7.18. The van der Waals surface area contributed by atoms with Crippen molar-refractivity contribution in [3.05, 3.63) is 65.2 Å². The van der Waals surface area contributed by atoms with Crippen LogP contribution in [0.25, 0.3) is 0 Å². The van der Waals surface area contributed by atoms with Crippen molar-refractivity contribution in [2.24, 2.45) is 4.99 Å². The zero-order valence-corrected chi connectivity index (χ0v) is 13.7. The summed E-state index contributed by atoms with van der Waals surface area (Å²) in [6.45, 7) is 5.35.